The molecular formula is C18H20FN3O4. The van der Waals surface area contributed by atoms with E-state index in [-0.39, 0.29) is 23.9 Å². The van der Waals surface area contributed by atoms with E-state index in [0.717, 1.165) is 0 Å². The van der Waals surface area contributed by atoms with Crippen LogP contribution in [0.15, 0.2) is 36.4 Å². The number of carbonyl (C=O) groups excluding carboxylic acids is 1. The molecule has 0 heterocycles. The van der Waals surface area contributed by atoms with E-state index in [9.17, 15) is 19.3 Å². The van der Waals surface area contributed by atoms with Gasteiger partial charge in [-0.25, -0.2) is 4.39 Å². The quantitative estimate of drug-likeness (QED) is 0.605. The number of ether oxygens (including phenoxy) is 1. The van der Waals surface area contributed by atoms with Gasteiger partial charge in [0.15, 0.2) is 11.6 Å². The fourth-order valence-electron chi connectivity index (χ4n) is 2.51. The van der Waals surface area contributed by atoms with Gasteiger partial charge in [-0.2, -0.15) is 0 Å². The summed E-state index contributed by atoms with van der Waals surface area (Å²) in [6.07, 6.45) is 0. The molecule has 0 aliphatic heterocycles. The zero-order valence-electron chi connectivity index (χ0n) is 14.8. The van der Waals surface area contributed by atoms with Crippen LogP contribution in [0.5, 0.6) is 5.75 Å². The lowest BCUT2D eigenvalue weighted by atomic mass is 10.1. The highest BCUT2D eigenvalue weighted by Gasteiger charge is 2.12. The minimum absolute atomic E-state index is 0.0286. The number of nitrogens with zero attached hydrogens (tertiary/aromatic N) is 2. The summed E-state index contributed by atoms with van der Waals surface area (Å²) >= 11 is 0. The van der Waals surface area contributed by atoms with Gasteiger partial charge in [0, 0.05) is 24.4 Å². The van der Waals surface area contributed by atoms with Gasteiger partial charge in [0.05, 0.1) is 18.6 Å². The molecule has 0 aliphatic carbocycles. The summed E-state index contributed by atoms with van der Waals surface area (Å²) in [5.74, 6) is -0.550. The lowest BCUT2D eigenvalue weighted by Crippen LogP contribution is -2.30. The van der Waals surface area contributed by atoms with E-state index < -0.39 is 10.7 Å². The van der Waals surface area contributed by atoms with E-state index in [2.05, 4.69) is 5.32 Å². The van der Waals surface area contributed by atoms with Crippen molar-refractivity contribution in [2.75, 3.05) is 26.0 Å². The molecular weight excluding hydrogens is 341 g/mol. The summed E-state index contributed by atoms with van der Waals surface area (Å²) in [6.45, 7) is 2.16. The molecule has 0 saturated heterocycles. The predicted molar refractivity (Wildman–Crippen MR) is 95.7 cm³/mol. The fourth-order valence-corrected chi connectivity index (χ4v) is 2.51. The minimum Gasteiger partial charge on any atom is -0.494 e. The topological polar surface area (TPSA) is 84.7 Å². The number of nitro benzene ring substituents is 1. The Morgan fingerprint density at radius 2 is 2.04 bits per heavy atom. The van der Waals surface area contributed by atoms with Crippen LogP contribution in [0, 0.1) is 22.9 Å². The zero-order chi connectivity index (χ0) is 19.3. The highest BCUT2D eigenvalue weighted by molar-refractivity contribution is 5.93. The summed E-state index contributed by atoms with van der Waals surface area (Å²) in [4.78, 5) is 24.2. The maximum absolute atomic E-state index is 13.7. The molecule has 0 bridgehead atoms. The predicted octanol–water partition coefficient (Wildman–Crippen LogP) is 3.12. The van der Waals surface area contributed by atoms with E-state index in [1.165, 1.54) is 31.4 Å². The Balaban J connectivity index is 1.95. The van der Waals surface area contributed by atoms with Crippen molar-refractivity contribution in [2.24, 2.45) is 0 Å². The number of nitrogens with one attached hydrogen (secondary N) is 1. The molecule has 0 saturated carbocycles. The molecule has 1 amide bonds. The number of nitro groups is 1. The first-order chi connectivity index (χ1) is 12.3. The van der Waals surface area contributed by atoms with Gasteiger partial charge in [0.1, 0.15) is 0 Å². The van der Waals surface area contributed by atoms with Gasteiger partial charge >= 0.3 is 0 Å². The smallest absolute Gasteiger partial charge is 0.269 e. The molecule has 1 N–H and O–H groups in total. The van der Waals surface area contributed by atoms with Crippen LogP contribution in [0.3, 0.4) is 0 Å². The Labute approximate surface area is 150 Å². The standard InChI is InChI=1S/C18H20FN3O4/c1-12-8-14(22(24)25)5-6-16(12)20-18(23)11-21(2)10-13-4-7-17(26-3)15(19)9-13/h4-9H,10-11H2,1-3H3,(H,20,23). The zero-order valence-corrected chi connectivity index (χ0v) is 14.8. The summed E-state index contributed by atoms with van der Waals surface area (Å²) in [6, 6.07) is 8.89. The monoisotopic (exact) mass is 361 g/mol. The lowest BCUT2D eigenvalue weighted by Gasteiger charge is -2.17. The first kappa shape index (κ1) is 19.3. The molecule has 0 atom stereocenters. The maximum atomic E-state index is 13.7. The minimum atomic E-state index is -0.486. The van der Waals surface area contributed by atoms with E-state index in [0.29, 0.717) is 23.4 Å². The van der Waals surface area contributed by atoms with Crippen molar-refractivity contribution in [1.29, 1.82) is 0 Å². The molecule has 2 aromatic carbocycles. The Hall–Kier alpha value is -3.00. The van der Waals surface area contributed by atoms with Crippen LogP contribution in [0.4, 0.5) is 15.8 Å². The molecule has 8 heteroatoms. The number of anilines is 1. The van der Waals surface area contributed by atoms with Gasteiger partial charge < -0.3 is 10.1 Å². The Bertz CT molecular complexity index is 826. The molecule has 26 heavy (non-hydrogen) atoms. The number of non-ortho nitro benzene ring substituents is 1. The second-order valence-corrected chi connectivity index (χ2v) is 5.95. The Morgan fingerprint density at radius 3 is 2.62 bits per heavy atom. The third-order valence-electron chi connectivity index (χ3n) is 3.78. The van der Waals surface area contributed by atoms with Crippen molar-refractivity contribution in [3.05, 3.63) is 63.5 Å². The van der Waals surface area contributed by atoms with Gasteiger partial charge in [-0.1, -0.05) is 6.07 Å². The number of likely N-dealkylation sites (N-methyl/N-ethyl adjacent to an activating group) is 1. The molecule has 138 valence electrons. The van der Waals surface area contributed by atoms with Crippen LogP contribution >= 0.6 is 0 Å². The van der Waals surface area contributed by atoms with Crippen molar-refractivity contribution >= 4 is 17.3 Å². The van der Waals surface area contributed by atoms with E-state index in [4.69, 9.17) is 4.74 Å². The fraction of sp³-hybridized carbons (Fsp3) is 0.278. The lowest BCUT2D eigenvalue weighted by molar-refractivity contribution is -0.384. The molecule has 2 aromatic rings. The normalized spacial score (nSPS) is 10.7. The SMILES string of the molecule is COc1ccc(CN(C)CC(=O)Nc2ccc([N+](=O)[O-])cc2C)cc1F. The highest BCUT2D eigenvalue weighted by atomic mass is 19.1. The van der Waals surface area contributed by atoms with E-state index >= 15 is 0 Å². The van der Waals surface area contributed by atoms with Crippen molar-refractivity contribution in [3.63, 3.8) is 0 Å². The number of carbonyl (C=O) groups is 1. The largest absolute Gasteiger partial charge is 0.494 e. The van der Waals surface area contributed by atoms with Crippen LogP contribution in [-0.2, 0) is 11.3 Å². The third-order valence-corrected chi connectivity index (χ3v) is 3.78. The number of benzene rings is 2. The van der Waals surface area contributed by atoms with E-state index in [1.807, 2.05) is 0 Å². The molecule has 0 unspecified atom stereocenters. The Morgan fingerprint density at radius 1 is 1.31 bits per heavy atom. The third kappa shape index (κ3) is 5.00. The average Bonchev–Trinajstić information content (AvgIpc) is 2.56. The molecule has 7 nitrogen and oxygen atoms in total. The number of aryl methyl sites for hydroxylation is 1. The van der Waals surface area contributed by atoms with E-state index in [1.54, 1.807) is 31.0 Å². The van der Waals surface area contributed by atoms with Crippen LogP contribution in [0.2, 0.25) is 0 Å². The van der Waals surface area contributed by atoms with Gasteiger partial charge in [-0.15, -0.1) is 0 Å². The van der Waals surface area contributed by atoms with Crippen LogP contribution in [0.25, 0.3) is 0 Å². The molecule has 0 radical (unpaired) electrons. The average molecular weight is 361 g/mol. The van der Waals surface area contributed by atoms with Crippen molar-refractivity contribution in [1.82, 2.24) is 4.90 Å². The first-order valence-electron chi connectivity index (χ1n) is 7.86. The second-order valence-electron chi connectivity index (χ2n) is 5.95. The number of methoxy groups -OCH3 is 1. The van der Waals surface area contributed by atoms with Crippen molar-refractivity contribution in [2.45, 2.75) is 13.5 Å². The molecule has 0 aromatic heterocycles. The summed E-state index contributed by atoms with van der Waals surface area (Å²) in [5, 5.41) is 13.5. The number of amides is 1. The second kappa shape index (κ2) is 8.39. The van der Waals surface area contributed by atoms with Gasteiger partial charge in [0.25, 0.3) is 5.69 Å². The molecule has 0 aliphatic rings. The molecule has 0 fully saturated rings. The number of rotatable bonds is 7. The maximum Gasteiger partial charge on any atom is 0.269 e. The molecule has 2 rings (SSSR count). The van der Waals surface area contributed by atoms with Gasteiger partial charge in [-0.3, -0.25) is 19.8 Å². The number of halogens is 1. The van der Waals surface area contributed by atoms with Gasteiger partial charge in [-0.05, 0) is 43.3 Å². The highest BCUT2D eigenvalue weighted by Crippen LogP contribution is 2.21. The Kier molecular flexibility index (Phi) is 6.24. The summed E-state index contributed by atoms with van der Waals surface area (Å²) in [5.41, 5.74) is 1.81. The summed E-state index contributed by atoms with van der Waals surface area (Å²) < 4.78 is 18.6. The first-order valence-corrected chi connectivity index (χ1v) is 7.86. The molecule has 0 spiro atoms. The van der Waals surface area contributed by atoms with Crippen molar-refractivity contribution in [3.8, 4) is 5.75 Å². The number of hydrogen-bond donors (Lipinski definition) is 1. The summed E-state index contributed by atoms with van der Waals surface area (Å²) in [7, 11) is 3.14. The van der Waals surface area contributed by atoms with Crippen LogP contribution in [0.1, 0.15) is 11.1 Å². The van der Waals surface area contributed by atoms with Crippen LogP contribution in [-0.4, -0.2) is 36.4 Å². The number of hydrogen-bond acceptors (Lipinski definition) is 5. The van der Waals surface area contributed by atoms with Crippen LogP contribution < -0.4 is 10.1 Å². The van der Waals surface area contributed by atoms with Gasteiger partial charge in [0.2, 0.25) is 5.91 Å². The van der Waals surface area contributed by atoms with Crippen molar-refractivity contribution < 1.29 is 18.8 Å².